The molecule has 0 amide bonds. The van der Waals surface area contributed by atoms with Gasteiger partial charge in [-0.1, -0.05) is 13.3 Å². The Bertz CT molecular complexity index is 491. The molecule has 0 radical (unpaired) electrons. The highest BCUT2D eigenvalue weighted by Gasteiger charge is 2.12. The minimum atomic E-state index is -3.43. The van der Waals surface area contributed by atoms with Crippen LogP contribution in [0.3, 0.4) is 0 Å². The number of anilines is 1. The summed E-state index contributed by atoms with van der Waals surface area (Å²) < 4.78 is 26.4. The molecule has 1 aromatic carbocycles. The van der Waals surface area contributed by atoms with Crippen molar-refractivity contribution < 1.29 is 13.5 Å². The summed E-state index contributed by atoms with van der Waals surface area (Å²) in [6.07, 6.45) is 1.12. The molecule has 0 bridgehead atoms. The van der Waals surface area contributed by atoms with Gasteiger partial charge in [-0.3, -0.25) is 0 Å². The number of halogens is 1. The van der Waals surface area contributed by atoms with Crippen LogP contribution >= 0.6 is 11.6 Å². The number of aliphatic hydroxyl groups is 1. The van der Waals surface area contributed by atoms with E-state index in [0.717, 1.165) is 18.5 Å². The van der Waals surface area contributed by atoms with E-state index in [1.807, 2.05) is 6.92 Å². The Morgan fingerprint density at radius 1 is 1.30 bits per heavy atom. The number of aliphatic hydroxyl groups excluding tert-OH is 1. The first-order valence-electron chi connectivity index (χ1n) is 6.57. The molecule has 3 N–H and O–H groups in total. The maximum atomic E-state index is 11.9. The first kappa shape index (κ1) is 17.2. The topological polar surface area (TPSA) is 78.4 Å². The minimum Gasteiger partial charge on any atom is -0.390 e. The van der Waals surface area contributed by atoms with Crippen LogP contribution in [0.2, 0.25) is 0 Å². The highest BCUT2D eigenvalue weighted by Crippen LogP contribution is 2.14. The highest BCUT2D eigenvalue weighted by atomic mass is 35.5. The summed E-state index contributed by atoms with van der Waals surface area (Å²) in [7, 11) is -3.43. The van der Waals surface area contributed by atoms with E-state index in [2.05, 4.69) is 10.0 Å². The van der Waals surface area contributed by atoms with Gasteiger partial charge in [-0.25, -0.2) is 13.1 Å². The monoisotopic (exact) mass is 320 g/mol. The van der Waals surface area contributed by atoms with E-state index < -0.39 is 16.1 Å². The Labute approximate surface area is 125 Å². The normalized spacial score (nSPS) is 13.2. The summed E-state index contributed by atoms with van der Waals surface area (Å²) in [6, 6.07) is 6.39. The van der Waals surface area contributed by atoms with Crippen molar-refractivity contribution >= 4 is 27.3 Å². The average molecular weight is 321 g/mol. The van der Waals surface area contributed by atoms with Gasteiger partial charge in [0.05, 0.1) is 16.9 Å². The summed E-state index contributed by atoms with van der Waals surface area (Å²) in [6.45, 7) is 2.77. The maximum absolute atomic E-state index is 11.9. The van der Waals surface area contributed by atoms with Crippen molar-refractivity contribution in [2.45, 2.75) is 30.8 Å². The van der Waals surface area contributed by atoms with Gasteiger partial charge in [-0.15, -0.1) is 11.6 Å². The lowest BCUT2D eigenvalue weighted by molar-refractivity contribution is 0.211. The molecule has 0 spiro atoms. The first-order chi connectivity index (χ1) is 9.49. The summed E-state index contributed by atoms with van der Waals surface area (Å²) in [5, 5.41) is 12.3. The molecule has 0 saturated heterocycles. The fourth-order valence-corrected chi connectivity index (χ4v) is 2.69. The lowest BCUT2D eigenvalue weighted by Crippen LogP contribution is -2.24. The van der Waals surface area contributed by atoms with Gasteiger partial charge in [0, 0.05) is 18.8 Å². The fourth-order valence-electron chi connectivity index (χ4n) is 1.51. The molecule has 1 unspecified atom stereocenters. The fraction of sp³-hybridized carbons (Fsp3) is 0.538. The summed E-state index contributed by atoms with van der Waals surface area (Å²) in [5.74, 6) is 0.154. The predicted molar refractivity (Wildman–Crippen MR) is 81.8 cm³/mol. The Hall–Kier alpha value is -0.820. The third-order valence-corrected chi connectivity index (χ3v) is 4.54. The van der Waals surface area contributed by atoms with E-state index in [4.69, 9.17) is 11.6 Å². The second kappa shape index (κ2) is 8.46. The van der Waals surface area contributed by atoms with Crippen molar-refractivity contribution in [2.24, 2.45) is 0 Å². The number of hydrogen-bond acceptors (Lipinski definition) is 4. The molecule has 1 atom stereocenters. The first-order valence-corrected chi connectivity index (χ1v) is 8.59. The Kier molecular flexibility index (Phi) is 7.29. The molecule has 114 valence electrons. The number of alkyl halides is 1. The van der Waals surface area contributed by atoms with Crippen LogP contribution in [0.5, 0.6) is 0 Å². The zero-order valence-electron chi connectivity index (χ0n) is 11.5. The van der Waals surface area contributed by atoms with Crippen LogP contribution in [0.4, 0.5) is 5.69 Å². The van der Waals surface area contributed by atoms with Crippen LogP contribution in [-0.2, 0) is 10.0 Å². The van der Waals surface area contributed by atoms with Gasteiger partial charge in [0.1, 0.15) is 0 Å². The summed E-state index contributed by atoms with van der Waals surface area (Å²) in [4.78, 5) is 0.233. The predicted octanol–water partition coefficient (Wildman–Crippen LogP) is 1.78. The molecule has 5 nitrogen and oxygen atoms in total. The van der Waals surface area contributed by atoms with Gasteiger partial charge in [-0.05, 0) is 30.7 Å². The molecule has 1 aromatic rings. The van der Waals surface area contributed by atoms with Crippen LogP contribution < -0.4 is 10.0 Å². The summed E-state index contributed by atoms with van der Waals surface area (Å²) in [5.41, 5.74) is 0.738. The molecule has 0 aliphatic rings. The molecule has 0 fully saturated rings. The standard InChI is InChI=1S/C13H21ClN2O3S/c1-2-3-8-16-20(18,19)13-6-4-11(5-7-13)15-10-12(17)9-14/h4-7,12,15-17H,2-3,8-10H2,1H3. The number of nitrogens with one attached hydrogen (secondary N) is 2. The van der Waals surface area contributed by atoms with Crippen molar-refractivity contribution in [1.29, 1.82) is 0 Å². The second-order valence-electron chi connectivity index (χ2n) is 4.46. The van der Waals surface area contributed by atoms with Crippen molar-refractivity contribution in [3.8, 4) is 0 Å². The largest absolute Gasteiger partial charge is 0.390 e. The third-order valence-electron chi connectivity index (χ3n) is 2.71. The molecule has 0 heterocycles. The smallest absolute Gasteiger partial charge is 0.240 e. The zero-order chi connectivity index (χ0) is 15.0. The Morgan fingerprint density at radius 3 is 2.50 bits per heavy atom. The summed E-state index contributed by atoms with van der Waals surface area (Å²) >= 11 is 5.49. The van der Waals surface area contributed by atoms with E-state index in [1.54, 1.807) is 12.1 Å². The van der Waals surface area contributed by atoms with Crippen LogP contribution in [-0.4, -0.2) is 38.6 Å². The Balaban J connectivity index is 2.61. The van der Waals surface area contributed by atoms with Crippen LogP contribution in [0.1, 0.15) is 19.8 Å². The van der Waals surface area contributed by atoms with E-state index in [0.29, 0.717) is 13.1 Å². The average Bonchev–Trinajstić information content (AvgIpc) is 2.45. The maximum Gasteiger partial charge on any atom is 0.240 e. The lowest BCUT2D eigenvalue weighted by atomic mass is 10.3. The highest BCUT2D eigenvalue weighted by molar-refractivity contribution is 7.89. The number of sulfonamides is 1. The molecule has 20 heavy (non-hydrogen) atoms. The van der Waals surface area contributed by atoms with Crippen molar-refractivity contribution in [1.82, 2.24) is 4.72 Å². The number of unbranched alkanes of at least 4 members (excludes halogenated alkanes) is 1. The molecule has 7 heteroatoms. The van der Waals surface area contributed by atoms with Gasteiger partial charge in [0.25, 0.3) is 0 Å². The molecule has 0 aliphatic heterocycles. The molecular formula is C13H21ClN2O3S. The van der Waals surface area contributed by atoms with Gasteiger partial charge < -0.3 is 10.4 Å². The number of rotatable bonds is 9. The SMILES string of the molecule is CCCCNS(=O)(=O)c1ccc(NCC(O)CCl)cc1. The molecular weight excluding hydrogens is 300 g/mol. The van der Waals surface area contributed by atoms with Crippen molar-refractivity contribution in [2.75, 3.05) is 24.3 Å². The van der Waals surface area contributed by atoms with Crippen LogP contribution in [0.25, 0.3) is 0 Å². The van der Waals surface area contributed by atoms with Gasteiger partial charge in [-0.2, -0.15) is 0 Å². The van der Waals surface area contributed by atoms with Crippen molar-refractivity contribution in [3.05, 3.63) is 24.3 Å². The van der Waals surface area contributed by atoms with Gasteiger partial charge in [0.2, 0.25) is 10.0 Å². The molecule has 0 aromatic heterocycles. The lowest BCUT2D eigenvalue weighted by Gasteiger charge is -2.11. The van der Waals surface area contributed by atoms with Gasteiger partial charge >= 0.3 is 0 Å². The van der Waals surface area contributed by atoms with Gasteiger partial charge in [0.15, 0.2) is 0 Å². The zero-order valence-corrected chi connectivity index (χ0v) is 13.0. The number of benzene rings is 1. The van der Waals surface area contributed by atoms with Crippen molar-refractivity contribution in [3.63, 3.8) is 0 Å². The molecule has 0 aliphatic carbocycles. The van der Waals surface area contributed by atoms with E-state index >= 15 is 0 Å². The van der Waals surface area contributed by atoms with Crippen LogP contribution in [0.15, 0.2) is 29.2 Å². The van der Waals surface area contributed by atoms with E-state index in [-0.39, 0.29) is 10.8 Å². The quantitative estimate of drug-likeness (QED) is 0.479. The Morgan fingerprint density at radius 2 is 1.95 bits per heavy atom. The van der Waals surface area contributed by atoms with E-state index in [1.165, 1.54) is 12.1 Å². The minimum absolute atomic E-state index is 0.154. The van der Waals surface area contributed by atoms with E-state index in [9.17, 15) is 13.5 Å². The second-order valence-corrected chi connectivity index (χ2v) is 6.54. The molecule has 0 saturated carbocycles. The molecule has 1 rings (SSSR count). The third kappa shape index (κ3) is 5.66. The van der Waals surface area contributed by atoms with Crippen LogP contribution in [0, 0.1) is 0 Å². The number of hydrogen-bond donors (Lipinski definition) is 3.